The molecule has 0 saturated heterocycles. The smallest absolute Gasteiger partial charge is 0.338 e. The molecule has 0 fully saturated rings. The Hall–Kier alpha value is -3.22. The maximum atomic E-state index is 11.2. The van der Waals surface area contributed by atoms with Gasteiger partial charge in [0.2, 0.25) is 0 Å². The Bertz CT molecular complexity index is 786. The van der Waals surface area contributed by atoms with Gasteiger partial charge in [0, 0.05) is 0 Å². The summed E-state index contributed by atoms with van der Waals surface area (Å²) in [6, 6.07) is 11.9. The lowest BCUT2D eigenvalue weighted by molar-refractivity contribution is 0.0450. The molecule has 0 aliphatic heterocycles. The van der Waals surface area contributed by atoms with Crippen molar-refractivity contribution in [3.8, 4) is 11.5 Å². The molecular weight excluding hydrogens is 464 g/mol. The Morgan fingerprint density at radius 2 is 1.14 bits per heavy atom. The molecule has 0 radical (unpaired) electrons. The minimum absolute atomic E-state index is 0.137. The molecular formula is C24H36O11. The fourth-order valence-corrected chi connectivity index (χ4v) is 1.65. The van der Waals surface area contributed by atoms with Crippen molar-refractivity contribution in [2.75, 3.05) is 33.5 Å². The summed E-state index contributed by atoms with van der Waals surface area (Å²) in [5, 5.41) is 57.8. The molecule has 2 rings (SSSR count). The lowest BCUT2D eigenvalue weighted by Crippen LogP contribution is -2.15. The molecule has 0 aromatic heterocycles. The zero-order valence-electron chi connectivity index (χ0n) is 20.1. The molecule has 0 saturated carbocycles. The highest BCUT2D eigenvalue weighted by molar-refractivity contribution is 5.89. The van der Waals surface area contributed by atoms with Crippen LogP contribution >= 0.6 is 0 Å². The van der Waals surface area contributed by atoms with Crippen molar-refractivity contribution in [3.05, 3.63) is 59.7 Å². The molecule has 1 unspecified atom stereocenters. The van der Waals surface area contributed by atoms with E-state index in [9.17, 15) is 9.59 Å². The fraction of sp³-hybridized carbons (Fsp3) is 0.417. The number of aliphatic hydroxyl groups is 5. The standard InChI is InChI=1S/C10H12O3.C8H8O3.C3H8O3.C3H8O2/c1-2-7-13-10(12)8-3-5-9(11)6-4-8;1-11-8(10)6-2-4-7(9)5-3-6;4-1-3(6)2-5;1-3(5)2-4/h3-6,11H,2,7H2,1H3;2-5,9H,1H3;3-6H,1-2H2;3-5H,2H2,1H3. The van der Waals surface area contributed by atoms with Crippen molar-refractivity contribution in [3.63, 3.8) is 0 Å². The Morgan fingerprint density at radius 1 is 0.771 bits per heavy atom. The van der Waals surface area contributed by atoms with Crippen molar-refractivity contribution in [2.24, 2.45) is 0 Å². The van der Waals surface area contributed by atoms with Gasteiger partial charge in [-0.15, -0.1) is 0 Å². The van der Waals surface area contributed by atoms with E-state index in [1.165, 1.54) is 62.6 Å². The molecule has 198 valence electrons. The van der Waals surface area contributed by atoms with Crippen molar-refractivity contribution < 1.29 is 54.8 Å². The van der Waals surface area contributed by atoms with Gasteiger partial charge < -0.3 is 45.2 Å². The summed E-state index contributed by atoms with van der Waals surface area (Å²) in [5.41, 5.74) is 0.900. The lowest BCUT2D eigenvalue weighted by atomic mass is 10.2. The Morgan fingerprint density at radius 3 is 1.40 bits per heavy atom. The molecule has 0 aliphatic carbocycles. The number of esters is 2. The van der Waals surface area contributed by atoms with Gasteiger partial charge in [0.1, 0.15) is 17.6 Å². The van der Waals surface area contributed by atoms with Gasteiger partial charge in [0.25, 0.3) is 0 Å². The largest absolute Gasteiger partial charge is 0.508 e. The van der Waals surface area contributed by atoms with Crippen LogP contribution in [0.4, 0.5) is 0 Å². The van der Waals surface area contributed by atoms with Crippen molar-refractivity contribution >= 4 is 11.9 Å². The van der Waals surface area contributed by atoms with E-state index in [1.54, 1.807) is 0 Å². The first-order valence-corrected chi connectivity index (χ1v) is 10.6. The average molecular weight is 501 g/mol. The molecule has 0 heterocycles. The average Bonchev–Trinajstić information content (AvgIpc) is 2.88. The molecule has 2 aromatic rings. The normalized spacial score (nSPS) is 10.3. The van der Waals surface area contributed by atoms with E-state index in [-0.39, 0.29) is 37.3 Å². The van der Waals surface area contributed by atoms with Gasteiger partial charge in [0.15, 0.2) is 0 Å². The van der Waals surface area contributed by atoms with Crippen LogP contribution in [0.25, 0.3) is 0 Å². The number of phenolic OH excluding ortho intramolecular Hbond substituents is 2. The highest BCUT2D eigenvalue weighted by Gasteiger charge is 2.05. The van der Waals surface area contributed by atoms with Gasteiger partial charge >= 0.3 is 11.9 Å². The van der Waals surface area contributed by atoms with Gasteiger partial charge in [-0.2, -0.15) is 0 Å². The molecule has 0 amide bonds. The number of hydrogen-bond donors (Lipinski definition) is 7. The van der Waals surface area contributed by atoms with Crippen LogP contribution in [-0.2, 0) is 9.47 Å². The number of benzene rings is 2. The van der Waals surface area contributed by atoms with Gasteiger partial charge in [-0.1, -0.05) is 6.92 Å². The Labute approximate surface area is 204 Å². The number of aliphatic hydroxyl groups excluding tert-OH is 5. The number of ether oxygens (including phenoxy) is 2. The van der Waals surface area contributed by atoms with Gasteiger partial charge in [-0.25, -0.2) is 9.59 Å². The highest BCUT2D eigenvalue weighted by Crippen LogP contribution is 2.11. The number of methoxy groups -OCH3 is 1. The van der Waals surface area contributed by atoms with Crippen LogP contribution in [0.5, 0.6) is 11.5 Å². The van der Waals surface area contributed by atoms with Crippen LogP contribution in [0.2, 0.25) is 0 Å². The first-order valence-electron chi connectivity index (χ1n) is 10.6. The summed E-state index contributed by atoms with van der Waals surface area (Å²) >= 11 is 0. The lowest BCUT2D eigenvalue weighted by Gasteiger charge is -2.02. The van der Waals surface area contributed by atoms with Crippen LogP contribution in [0, 0.1) is 0 Å². The fourth-order valence-electron chi connectivity index (χ4n) is 1.65. The van der Waals surface area contributed by atoms with E-state index in [1.807, 2.05) is 6.92 Å². The summed E-state index contributed by atoms with van der Waals surface area (Å²) in [4.78, 5) is 22.0. The van der Waals surface area contributed by atoms with E-state index < -0.39 is 18.2 Å². The Balaban J connectivity index is 0. The zero-order chi connectivity index (χ0) is 27.2. The van der Waals surface area contributed by atoms with Gasteiger partial charge in [0.05, 0.1) is 50.8 Å². The summed E-state index contributed by atoms with van der Waals surface area (Å²) in [5.74, 6) is -0.462. The summed E-state index contributed by atoms with van der Waals surface area (Å²) in [7, 11) is 1.31. The van der Waals surface area contributed by atoms with Crippen molar-refractivity contribution in [1.82, 2.24) is 0 Å². The first kappa shape index (κ1) is 34.0. The van der Waals surface area contributed by atoms with E-state index >= 15 is 0 Å². The molecule has 0 spiro atoms. The predicted molar refractivity (Wildman–Crippen MR) is 127 cm³/mol. The topological polar surface area (TPSA) is 194 Å². The molecule has 1 atom stereocenters. The minimum Gasteiger partial charge on any atom is -0.508 e. The third-order valence-electron chi connectivity index (χ3n) is 3.51. The van der Waals surface area contributed by atoms with Crippen LogP contribution in [0.15, 0.2) is 48.5 Å². The summed E-state index contributed by atoms with van der Waals surface area (Å²) < 4.78 is 9.35. The van der Waals surface area contributed by atoms with E-state index in [0.717, 1.165) is 6.42 Å². The SMILES string of the molecule is CC(O)CO.CCCOC(=O)c1ccc(O)cc1.COC(=O)c1ccc(O)cc1.OCC(O)CO. The van der Waals surface area contributed by atoms with Crippen LogP contribution in [0.1, 0.15) is 41.0 Å². The number of rotatable bonds is 7. The summed E-state index contributed by atoms with van der Waals surface area (Å²) in [6.45, 7) is 3.02. The number of phenols is 2. The second-order valence-corrected chi connectivity index (χ2v) is 6.77. The van der Waals surface area contributed by atoms with E-state index in [4.69, 9.17) is 40.5 Å². The molecule has 11 nitrogen and oxygen atoms in total. The number of hydrogen-bond acceptors (Lipinski definition) is 11. The second kappa shape index (κ2) is 21.3. The van der Waals surface area contributed by atoms with Crippen molar-refractivity contribution in [2.45, 2.75) is 32.5 Å². The molecule has 11 heteroatoms. The van der Waals surface area contributed by atoms with Crippen LogP contribution in [-0.4, -0.2) is 93.4 Å². The van der Waals surface area contributed by atoms with Gasteiger partial charge in [-0.3, -0.25) is 0 Å². The van der Waals surface area contributed by atoms with Gasteiger partial charge in [-0.05, 0) is 61.9 Å². The van der Waals surface area contributed by atoms with E-state index in [2.05, 4.69) is 4.74 Å². The quantitative estimate of drug-likeness (QED) is 0.266. The first-order chi connectivity index (χ1) is 16.6. The monoisotopic (exact) mass is 500 g/mol. The molecule has 7 N–H and O–H groups in total. The van der Waals surface area contributed by atoms with Crippen LogP contribution in [0.3, 0.4) is 0 Å². The maximum Gasteiger partial charge on any atom is 0.338 e. The highest BCUT2D eigenvalue weighted by atomic mass is 16.5. The second-order valence-electron chi connectivity index (χ2n) is 6.77. The molecule has 0 bridgehead atoms. The minimum atomic E-state index is -0.954. The molecule has 35 heavy (non-hydrogen) atoms. The third-order valence-corrected chi connectivity index (χ3v) is 3.51. The number of carbonyl (C=O) groups excluding carboxylic acids is 2. The molecule has 0 aliphatic rings. The third kappa shape index (κ3) is 18.8. The summed E-state index contributed by atoms with van der Waals surface area (Å²) in [6.07, 6.45) is -0.705. The Kier molecular flexibility index (Phi) is 20.7. The number of carbonyl (C=O) groups is 2. The van der Waals surface area contributed by atoms with Crippen LogP contribution < -0.4 is 0 Å². The van der Waals surface area contributed by atoms with E-state index in [0.29, 0.717) is 17.7 Å². The zero-order valence-corrected chi connectivity index (χ0v) is 20.1. The number of aromatic hydroxyl groups is 2. The predicted octanol–water partition coefficient (Wildman–Crippen LogP) is 0.829. The van der Waals surface area contributed by atoms with Crippen molar-refractivity contribution in [1.29, 1.82) is 0 Å². The maximum absolute atomic E-state index is 11.2. The molecule has 2 aromatic carbocycles.